The van der Waals surface area contributed by atoms with E-state index in [9.17, 15) is 4.79 Å². The number of aliphatic carboxylic acids is 1. The maximum atomic E-state index is 11.2. The van der Waals surface area contributed by atoms with E-state index >= 15 is 0 Å². The van der Waals surface area contributed by atoms with Crippen molar-refractivity contribution in [2.24, 2.45) is 10.8 Å². The molecule has 0 aromatic heterocycles. The van der Waals surface area contributed by atoms with Crippen LogP contribution in [0.1, 0.15) is 26.3 Å². The van der Waals surface area contributed by atoms with Gasteiger partial charge in [0.25, 0.3) is 0 Å². The zero-order valence-electron chi connectivity index (χ0n) is 12.6. The number of carboxylic acid groups (broad SMARTS) is 1. The van der Waals surface area contributed by atoms with Gasteiger partial charge in [0.15, 0.2) is 0 Å². The highest BCUT2D eigenvalue weighted by molar-refractivity contribution is 6.32. The van der Waals surface area contributed by atoms with Gasteiger partial charge in [-0.15, -0.1) is 0 Å². The number of carbonyl (C=O) groups is 1. The minimum atomic E-state index is -0.822. The molecule has 0 unspecified atom stereocenters. The molecule has 1 fully saturated rings. The van der Waals surface area contributed by atoms with Crippen LogP contribution in [0.25, 0.3) is 0 Å². The molecule has 0 aliphatic carbocycles. The fraction of sp³-hybridized carbons (Fsp3) is 0.562. The van der Waals surface area contributed by atoms with Crippen molar-refractivity contribution in [3.8, 4) is 5.75 Å². The molecule has 0 radical (unpaired) electrons. The SMILES string of the molecule is CC1(COc2ccc(CC(C)(C)C(=O)O)cc2Cl)COC1. The molecule has 1 aromatic carbocycles. The molecule has 1 N–H and O–H groups in total. The van der Waals surface area contributed by atoms with Crippen LogP contribution in [-0.2, 0) is 16.0 Å². The predicted molar refractivity (Wildman–Crippen MR) is 81.0 cm³/mol. The van der Waals surface area contributed by atoms with Gasteiger partial charge >= 0.3 is 5.97 Å². The Kier molecular flexibility index (Phi) is 4.49. The van der Waals surface area contributed by atoms with Crippen molar-refractivity contribution in [3.63, 3.8) is 0 Å². The average molecular weight is 313 g/mol. The third kappa shape index (κ3) is 3.89. The highest BCUT2D eigenvalue weighted by Crippen LogP contribution is 2.32. The van der Waals surface area contributed by atoms with Gasteiger partial charge in [-0.05, 0) is 38.0 Å². The molecule has 0 spiro atoms. The molecule has 0 amide bonds. The van der Waals surface area contributed by atoms with Gasteiger partial charge in [0.05, 0.1) is 30.3 Å². The summed E-state index contributed by atoms with van der Waals surface area (Å²) in [6.07, 6.45) is 0.424. The normalized spacial score (nSPS) is 17.1. The fourth-order valence-electron chi connectivity index (χ4n) is 2.14. The molecular formula is C16H21ClO4. The van der Waals surface area contributed by atoms with Gasteiger partial charge in [-0.25, -0.2) is 0 Å². The molecule has 2 rings (SSSR count). The molecule has 21 heavy (non-hydrogen) atoms. The molecule has 0 atom stereocenters. The van der Waals surface area contributed by atoms with E-state index in [4.69, 9.17) is 26.2 Å². The second kappa shape index (κ2) is 5.85. The lowest BCUT2D eigenvalue weighted by atomic mass is 9.86. The van der Waals surface area contributed by atoms with Gasteiger partial charge in [-0.2, -0.15) is 0 Å². The fourth-order valence-corrected chi connectivity index (χ4v) is 2.40. The predicted octanol–water partition coefficient (Wildman–Crippen LogP) is 3.41. The van der Waals surface area contributed by atoms with Crippen LogP contribution in [0.4, 0.5) is 0 Å². The van der Waals surface area contributed by atoms with Crippen LogP contribution in [0.15, 0.2) is 18.2 Å². The van der Waals surface area contributed by atoms with Gasteiger partial charge < -0.3 is 14.6 Å². The summed E-state index contributed by atoms with van der Waals surface area (Å²) in [4.78, 5) is 11.2. The topological polar surface area (TPSA) is 55.8 Å². The molecule has 5 heteroatoms. The second-order valence-corrected chi connectivity index (χ2v) is 7.13. The first-order valence-corrected chi connectivity index (χ1v) is 7.32. The Morgan fingerprint density at radius 1 is 1.48 bits per heavy atom. The lowest BCUT2D eigenvalue weighted by Gasteiger charge is -2.37. The second-order valence-electron chi connectivity index (χ2n) is 6.72. The Hall–Kier alpha value is -1.26. The first kappa shape index (κ1) is 16.1. The Bertz CT molecular complexity index is 535. The highest BCUT2D eigenvalue weighted by Gasteiger charge is 2.34. The van der Waals surface area contributed by atoms with Gasteiger partial charge in [-0.3, -0.25) is 4.79 Å². The zero-order chi connectivity index (χ0) is 15.7. The van der Waals surface area contributed by atoms with Gasteiger partial charge in [0.1, 0.15) is 5.75 Å². The standard InChI is InChI=1S/C16H21ClO4/c1-15(2,14(18)19)7-11-4-5-13(12(17)6-11)21-10-16(3)8-20-9-16/h4-6H,7-10H2,1-3H3,(H,18,19). The maximum absolute atomic E-state index is 11.2. The van der Waals surface area contributed by atoms with Crippen LogP contribution in [0, 0.1) is 10.8 Å². The van der Waals surface area contributed by atoms with Gasteiger partial charge in [-0.1, -0.05) is 24.6 Å². The highest BCUT2D eigenvalue weighted by atomic mass is 35.5. The van der Waals surface area contributed by atoms with Crippen molar-refractivity contribution in [2.75, 3.05) is 19.8 Å². The Balaban J connectivity index is 2.02. The average Bonchev–Trinajstić information content (AvgIpc) is 2.35. The molecule has 4 nitrogen and oxygen atoms in total. The number of hydrogen-bond acceptors (Lipinski definition) is 3. The van der Waals surface area contributed by atoms with Crippen molar-refractivity contribution in [1.29, 1.82) is 0 Å². The summed E-state index contributed by atoms with van der Waals surface area (Å²) in [5.41, 5.74) is 0.133. The first-order chi connectivity index (χ1) is 9.72. The van der Waals surface area contributed by atoms with E-state index in [0.29, 0.717) is 37.0 Å². The summed E-state index contributed by atoms with van der Waals surface area (Å²) in [5, 5.41) is 9.68. The van der Waals surface area contributed by atoms with E-state index in [1.807, 2.05) is 6.07 Å². The van der Waals surface area contributed by atoms with Crippen LogP contribution in [0.2, 0.25) is 5.02 Å². The molecule has 0 bridgehead atoms. The van der Waals surface area contributed by atoms with E-state index < -0.39 is 11.4 Å². The van der Waals surface area contributed by atoms with Crippen molar-refractivity contribution < 1.29 is 19.4 Å². The summed E-state index contributed by atoms with van der Waals surface area (Å²) in [6.45, 7) is 7.47. The Morgan fingerprint density at radius 2 is 2.14 bits per heavy atom. The smallest absolute Gasteiger partial charge is 0.309 e. The van der Waals surface area contributed by atoms with Gasteiger partial charge in [0.2, 0.25) is 0 Å². The number of ether oxygens (including phenoxy) is 2. The van der Waals surface area contributed by atoms with E-state index in [1.165, 1.54) is 0 Å². The van der Waals surface area contributed by atoms with Crippen molar-refractivity contribution >= 4 is 17.6 Å². The van der Waals surface area contributed by atoms with Crippen LogP contribution in [0.5, 0.6) is 5.75 Å². The van der Waals surface area contributed by atoms with Crippen molar-refractivity contribution in [3.05, 3.63) is 28.8 Å². The van der Waals surface area contributed by atoms with E-state index in [-0.39, 0.29) is 5.41 Å². The maximum Gasteiger partial charge on any atom is 0.309 e. The van der Waals surface area contributed by atoms with Crippen LogP contribution >= 0.6 is 11.6 Å². The zero-order valence-corrected chi connectivity index (χ0v) is 13.4. The molecule has 0 saturated carbocycles. The largest absolute Gasteiger partial charge is 0.491 e. The number of hydrogen-bond donors (Lipinski definition) is 1. The number of rotatable bonds is 6. The molecule has 1 aromatic rings. The molecule has 1 aliphatic rings. The summed E-state index contributed by atoms with van der Waals surface area (Å²) in [7, 11) is 0. The molecular weight excluding hydrogens is 292 g/mol. The third-order valence-corrected chi connectivity index (χ3v) is 3.99. The monoisotopic (exact) mass is 312 g/mol. The molecule has 1 aliphatic heterocycles. The number of halogens is 1. The van der Waals surface area contributed by atoms with Gasteiger partial charge in [0, 0.05) is 5.41 Å². The summed E-state index contributed by atoms with van der Waals surface area (Å²) < 4.78 is 10.9. The van der Waals surface area contributed by atoms with Crippen LogP contribution in [-0.4, -0.2) is 30.9 Å². The van der Waals surface area contributed by atoms with E-state index in [1.54, 1.807) is 26.0 Å². The Labute approximate surface area is 130 Å². The molecule has 116 valence electrons. The number of carboxylic acids is 1. The molecule has 1 saturated heterocycles. The minimum absolute atomic E-state index is 0.0628. The van der Waals surface area contributed by atoms with Crippen LogP contribution < -0.4 is 4.74 Å². The van der Waals surface area contributed by atoms with E-state index in [0.717, 1.165) is 5.56 Å². The Morgan fingerprint density at radius 3 is 2.62 bits per heavy atom. The lowest BCUT2D eigenvalue weighted by Crippen LogP contribution is -2.44. The molecule has 1 heterocycles. The van der Waals surface area contributed by atoms with Crippen molar-refractivity contribution in [2.45, 2.75) is 27.2 Å². The summed E-state index contributed by atoms with van der Waals surface area (Å²) in [6, 6.07) is 5.45. The summed E-state index contributed by atoms with van der Waals surface area (Å²) >= 11 is 6.22. The van der Waals surface area contributed by atoms with Crippen molar-refractivity contribution in [1.82, 2.24) is 0 Å². The first-order valence-electron chi connectivity index (χ1n) is 6.94. The van der Waals surface area contributed by atoms with E-state index in [2.05, 4.69) is 6.92 Å². The van der Waals surface area contributed by atoms with Crippen LogP contribution in [0.3, 0.4) is 0 Å². The number of benzene rings is 1. The quantitative estimate of drug-likeness (QED) is 0.874. The lowest BCUT2D eigenvalue weighted by molar-refractivity contribution is -0.146. The summed E-state index contributed by atoms with van der Waals surface area (Å²) in [5.74, 6) is -0.196. The minimum Gasteiger partial charge on any atom is -0.491 e. The third-order valence-electron chi connectivity index (χ3n) is 3.70.